The average Bonchev–Trinajstić information content (AvgIpc) is 2.57. The highest BCUT2D eigenvalue weighted by Gasteiger charge is 2.19. The Morgan fingerprint density at radius 1 is 1.12 bits per heavy atom. The van der Waals surface area contributed by atoms with E-state index in [1.54, 1.807) is 6.92 Å². The zero-order chi connectivity index (χ0) is 18.6. The molecule has 0 heterocycles. The Morgan fingerprint density at radius 3 is 2.32 bits per heavy atom. The largest absolute Gasteiger partial charge is 0.504 e. The van der Waals surface area contributed by atoms with Crippen molar-refractivity contribution in [1.82, 2.24) is 5.32 Å². The standard InChI is InChI=1S/C16H17N3O6/c1-9(15(22)10-2-7-13(20)14(21)8-10)17-16(23)18-11-3-5-12(6-4-11)19(24)25/h2-9,15,20-22H,1H3,(H2,17,18,23)/t9-,15-/m1/s1. The van der Waals surface area contributed by atoms with Gasteiger partial charge in [-0.05, 0) is 36.8 Å². The number of benzene rings is 2. The van der Waals surface area contributed by atoms with Gasteiger partial charge in [0.05, 0.1) is 17.1 Å². The minimum Gasteiger partial charge on any atom is -0.504 e. The first kappa shape index (κ1) is 18.0. The fourth-order valence-electron chi connectivity index (χ4n) is 2.13. The first-order valence-electron chi connectivity index (χ1n) is 7.30. The first-order valence-corrected chi connectivity index (χ1v) is 7.30. The van der Waals surface area contributed by atoms with Crippen molar-refractivity contribution in [3.63, 3.8) is 0 Å². The first-order chi connectivity index (χ1) is 11.8. The van der Waals surface area contributed by atoms with Crippen LogP contribution in [0.25, 0.3) is 0 Å². The van der Waals surface area contributed by atoms with Crippen molar-refractivity contribution in [2.75, 3.05) is 5.32 Å². The summed E-state index contributed by atoms with van der Waals surface area (Å²) in [6.45, 7) is 1.56. The molecule has 0 aliphatic heterocycles. The van der Waals surface area contributed by atoms with E-state index in [0.717, 1.165) is 0 Å². The fraction of sp³-hybridized carbons (Fsp3) is 0.188. The molecule has 25 heavy (non-hydrogen) atoms. The number of hydrogen-bond donors (Lipinski definition) is 5. The molecule has 5 N–H and O–H groups in total. The number of amides is 2. The molecule has 0 saturated heterocycles. The Balaban J connectivity index is 1.96. The lowest BCUT2D eigenvalue weighted by atomic mass is 10.0. The number of aliphatic hydroxyl groups excluding tert-OH is 1. The maximum absolute atomic E-state index is 11.9. The molecule has 0 aliphatic rings. The van der Waals surface area contributed by atoms with Crippen LogP contribution < -0.4 is 10.6 Å². The molecular formula is C16H17N3O6. The lowest BCUT2D eigenvalue weighted by Crippen LogP contribution is -2.39. The monoisotopic (exact) mass is 347 g/mol. The number of aliphatic hydroxyl groups is 1. The lowest BCUT2D eigenvalue weighted by molar-refractivity contribution is -0.384. The van der Waals surface area contributed by atoms with Crippen LogP contribution in [-0.4, -0.2) is 32.3 Å². The summed E-state index contributed by atoms with van der Waals surface area (Å²) in [7, 11) is 0. The van der Waals surface area contributed by atoms with Crippen molar-refractivity contribution in [2.45, 2.75) is 19.1 Å². The summed E-state index contributed by atoms with van der Waals surface area (Å²) >= 11 is 0. The third-order valence-electron chi connectivity index (χ3n) is 3.51. The van der Waals surface area contributed by atoms with Gasteiger partial charge in [-0.1, -0.05) is 6.07 Å². The van der Waals surface area contributed by atoms with Gasteiger partial charge in [0.25, 0.3) is 5.69 Å². The van der Waals surface area contributed by atoms with Crippen LogP contribution in [0.4, 0.5) is 16.2 Å². The number of nitrogens with one attached hydrogen (secondary N) is 2. The van der Waals surface area contributed by atoms with Gasteiger partial charge in [0, 0.05) is 17.8 Å². The number of carbonyl (C=O) groups is 1. The van der Waals surface area contributed by atoms with Crippen LogP contribution in [0.1, 0.15) is 18.6 Å². The molecule has 2 atom stereocenters. The second kappa shape index (κ2) is 7.49. The minimum atomic E-state index is -1.12. The second-order valence-corrected chi connectivity index (χ2v) is 5.38. The summed E-state index contributed by atoms with van der Waals surface area (Å²) in [6.07, 6.45) is -1.12. The van der Waals surface area contributed by atoms with E-state index in [-0.39, 0.29) is 17.2 Å². The van der Waals surface area contributed by atoms with Gasteiger partial charge >= 0.3 is 6.03 Å². The molecule has 9 nitrogen and oxygen atoms in total. The number of anilines is 1. The van der Waals surface area contributed by atoms with E-state index < -0.39 is 23.1 Å². The van der Waals surface area contributed by atoms with E-state index in [2.05, 4.69) is 10.6 Å². The van der Waals surface area contributed by atoms with E-state index in [4.69, 9.17) is 0 Å². The number of nitro benzene ring substituents is 1. The van der Waals surface area contributed by atoms with Crippen molar-refractivity contribution in [3.8, 4) is 11.5 Å². The zero-order valence-corrected chi connectivity index (χ0v) is 13.2. The number of rotatable bonds is 5. The Kier molecular flexibility index (Phi) is 5.40. The van der Waals surface area contributed by atoms with Gasteiger partial charge in [0.15, 0.2) is 11.5 Å². The molecule has 0 bridgehead atoms. The molecule has 2 aromatic rings. The van der Waals surface area contributed by atoms with Gasteiger partial charge in [-0.3, -0.25) is 10.1 Å². The van der Waals surface area contributed by atoms with Crippen LogP contribution in [0.15, 0.2) is 42.5 Å². The van der Waals surface area contributed by atoms with E-state index >= 15 is 0 Å². The van der Waals surface area contributed by atoms with Gasteiger partial charge in [-0.25, -0.2) is 4.79 Å². The van der Waals surface area contributed by atoms with E-state index in [0.29, 0.717) is 11.3 Å². The van der Waals surface area contributed by atoms with Gasteiger partial charge in [-0.2, -0.15) is 0 Å². The quantitative estimate of drug-likeness (QED) is 0.319. The third-order valence-corrected chi connectivity index (χ3v) is 3.51. The molecular weight excluding hydrogens is 330 g/mol. The normalized spacial score (nSPS) is 12.9. The molecule has 0 fully saturated rings. The predicted molar refractivity (Wildman–Crippen MR) is 89.4 cm³/mol. The zero-order valence-electron chi connectivity index (χ0n) is 13.2. The Hall–Kier alpha value is -3.33. The number of nitro groups is 1. The maximum atomic E-state index is 11.9. The Bertz CT molecular complexity index is 778. The molecule has 2 aromatic carbocycles. The smallest absolute Gasteiger partial charge is 0.319 e. The maximum Gasteiger partial charge on any atom is 0.319 e. The van der Waals surface area contributed by atoms with E-state index in [1.807, 2.05) is 0 Å². The third kappa shape index (κ3) is 4.58. The molecule has 0 aliphatic carbocycles. The molecule has 132 valence electrons. The highest BCUT2D eigenvalue weighted by atomic mass is 16.6. The second-order valence-electron chi connectivity index (χ2n) is 5.38. The summed E-state index contributed by atoms with van der Waals surface area (Å²) in [5.41, 5.74) is 0.576. The van der Waals surface area contributed by atoms with Crippen molar-refractivity contribution < 1.29 is 25.0 Å². The van der Waals surface area contributed by atoms with Gasteiger partial charge in [0.2, 0.25) is 0 Å². The van der Waals surface area contributed by atoms with Crippen LogP contribution in [0.5, 0.6) is 11.5 Å². The number of carbonyl (C=O) groups excluding carboxylic acids is 1. The molecule has 9 heteroatoms. The van der Waals surface area contributed by atoms with Crippen molar-refractivity contribution in [3.05, 3.63) is 58.1 Å². The number of aromatic hydroxyl groups is 2. The molecule has 0 spiro atoms. The van der Waals surface area contributed by atoms with Crippen LogP contribution in [0.3, 0.4) is 0 Å². The van der Waals surface area contributed by atoms with Crippen LogP contribution in [0, 0.1) is 10.1 Å². The molecule has 2 amide bonds. The van der Waals surface area contributed by atoms with Crippen molar-refractivity contribution in [2.24, 2.45) is 0 Å². The number of phenolic OH excluding ortho intramolecular Hbond substituents is 2. The highest BCUT2D eigenvalue weighted by molar-refractivity contribution is 5.89. The molecule has 0 aromatic heterocycles. The minimum absolute atomic E-state index is 0.0955. The molecule has 0 saturated carbocycles. The fourth-order valence-corrected chi connectivity index (χ4v) is 2.13. The van der Waals surface area contributed by atoms with Gasteiger partial charge in [0.1, 0.15) is 0 Å². The SMILES string of the molecule is C[C@@H](NC(=O)Nc1ccc([N+](=O)[O-])cc1)[C@@H](O)c1ccc(O)c(O)c1. The topological polar surface area (TPSA) is 145 Å². The molecule has 0 radical (unpaired) electrons. The Labute approximate surface area is 142 Å². The number of non-ortho nitro benzene ring substituents is 1. The summed E-state index contributed by atoms with van der Waals surface area (Å²) in [5.74, 6) is -0.688. The highest BCUT2D eigenvalue weighted by Crippen LogP contribution is 2.28. The number of hydrogen-bond acceptors (Lipinski definition) is 6. The van der Waals surface area contributed by atoms with Gasteiger partial charge < -0.3 is 26.0 Å². The summed E-state index contributed by atoms with van der Waals surface area (Å²) in [6, 6.07) is 7.83. The van der Waals surface area contributed by atoms with Crippen molar-refractivity contribution >= 4 is 17.4 Å². The Morgan fingerprint density at radius 2 is 1.76 bits per heavy atom. The van der Waals surface area contributed by atoms with E-state index in [9.17, 15) is 30.2 Å². The van der Waals surface area contributed by atoms with Crippen LogP contribution in [-0.2, 0) is 0 Å². The average molecular weight is 347 g/mol. The summed E-state index contributed by atoms with van der Waals surface area (Å²) in [5, 5.41) is 44.5. The summed E-state index contributed by atoms with van der Waals surface area (Å²) in [4.78, 5) is 22.0. The number of nitrogens with zero attached hydrogens (tertiary/aromatic N) is 1. The number of phenols is 2. The predicted octanol–water partition coefficient (Wildman–Crippen LogP) is 2.25. The number of urea groups is 1. The van der Waals surface area contributed by atoms with Crippen molar-refractivity contribution in [1.29, 1.82) is 0 Å². The molecule has 2 rings (SSSR count). The van der Waals surface area contributed by atoms with Gasteiger partial charge in [-0.15, -0.1) is 0 Å². The van der Waals surface area contributed by atoms with Crippen LogP contribution >= 0.6 is 0 Å². The van der Waals surface area contributed by atoms with Crippen LogP contribution in [0.2, 0.25) is 0 Å². The summed E-state index contributed by atoms with van der Waals surface area (Å²) < 4.78 is 0. The molecule has 0 unspecified atom stereocenters. The van der Waals surface area contributed by atoms with E-state index in [1.165, 1.54) is 42.5 Å². The lowest BCUT2D eigenvalue weighted by Gasteiger charge is -2.21.